The summed E-state index contributed by atoms with van der Waals surface area (Å²) < 4.78 is 2.09. The molecule has 3 aromatic rings. The number of fused-ring (bicyclic) bond motifs is 3. The second-order valence-corrected chi connectivity index (χ2v) is 5.69. The summed E-state index contributed by atoms with van der Waals surface area (Å²) in [5.41, 5.74) is 4.51. The van der Waals surface area contributed by atoms with Crippen LogP contribution in [-0.4, -0.2) is 22.0 Å². The number of nitrogens with zero attached hydrogens (tertiary/aromatic N) is 3. The normalized spacial score (nSPS) is 14.5. The second-order valence-electron chi connectivity index (χ2n) is 5.69. The molecule has 24 heavy (non-hydrogen) atoms. The molecule has 0 aliphatic carbocycles. The summed E-state index contributed by atoms with van der Waals surface area (Å²) in [6, 6.07) is 16.9. The molecule has 1 amide bonds. The van der Waals surface area contributed by atoms with E-state index >= 15 is 0 Å². The minimum atomic E-state index is -0.148. The van der Waals surface area contributed by atoms with E-state index in [9.17, 15) is 4.79 Å². The molecule has 4 rings (SSSR count). The maximum Gasteiger partial charge on any atom is 0.251 e. The first-order chi connectivity index (χ1) is 11.8. The molecule has 0 radical (unpaired) electrons. The van der Waals surface area contributed by atoms with E-state index in [-0.39, 0.29) is 11.9 Å². The number of hydrogen-bond donors (Lipinski definition) is 1. The number of amides is 1. The van der Waals surface area contributed by atoms with Crippen molar-refractivity contribution >= 4 is 5.91 Å². The molecule has 0 bridgehead atoms. The van der Waals surface area contributed by atoms with E-state index in [1.54, 1.807) is 30.6 Å². The van der Waals surface area contributed by atoms with Crippen LogP contribution in [0.3, 0.4) is 0 Å². The van der Waals surface area contributed by atoms with Gasteiger partial charge in [-0.3, -0.25) is 4.79 Å². The van der Waals surface area contributed by atoms with Crippen LogP contribution in [0.15, 0.2) is 61.1 Å². The number of nitriles is 1. The molecule has 2 heterocycles. The Morgan fingerprint density at radius 3 is 2.79 bits per heavy atom. The predicted octanol–water partition coefficient (Wildman–Crippen LogP) is 2.75. The molecule has 0 spiro atoms. The summed E-state index contributed by atoms with van der Waals surface area (Å²) >= 11 is 0. The Morgan fingerprint density at radius 2 is 2.00 bits per heavy atom. The van der Waals surface area contributed by atoms with Crippen molar-refractivity contribution in [2.45, 2.75) is 6.04 Å². The van der Waals surface area contributed by atoms with Gasteiger partial charge in [-0.2, -0.15) is 5.26 Å². The van der Waals surface area contributed by atoms with Gasteiger partial charge >= 0.3 is 0 Å². The van der Waals surface area contributed by atoms with Crippen LogP contribution in [0.1, 0.15) is 27.5 Å². The molecule has 1 N–H and O–H groups in total. The fraction of sp³-hybridized carbons (Fsp3) is 0.105. The van der Waals surface area contributed by atoms with Gasteiger partial charge in [0.05, 0.1) is 35.9 Å². The average molecular weight is 314 g/mol. The molecule has 0 saturated heterocycles. The number of nitrogens with one attached hydrogen (secondary N) is 1. The average Bonchev–Trinajstić information content (AvgIpc) is 3.21. The lowest BCUT2D eigenvalue weighted by molar-refractivity contribution is 0.0950. The lowest BCUT2D eigenvalue weighted by Gasteiger charge is -2.15. The van der Waals surface area contributed by atoms with Crippen LogP contribution in [0, 0.1) is 11.3 Å². The Bertz CT molecular complexity index is 950. The van der Waals surface area contributed by atoms with Gasteiger partial charge in [-0.15, -0.1) is 0 Å². The molecule has 1 aliphatic heterocycles. The van der Waals surface area contributed by atoms with Crippen molar-refractivity contribution in [2.24, 2.45) is 0 Å². The Kier molecular flexibility index (Phi) is 3.36. The quantitative estimate of drug-likeness (QED) is 0.808. The zero-order chi connectivity index (χ0) is 16.5. The van der Waals surface area contributed by atoms with Crippen LogP contribution in [0.5, 0.6) is 0 Å². The zero-order valence-electron chi connectivity index (χ0n) is 12.8. The van der Waals surface area contributed by atoms with Crippen LogP contribution in [0.2, 0.25) is 0 Å². The van der Waals surface area contributed by atoms with Crippen LogP contribution < -0.4 is 5.32 Å². The molecule has 0 saturated carbocycles. The van der Waals surface area contributed by atoms with Gasteiger partial charge < -0.3 is 9.88 Å². The highest BCUT2D eigenvalue weighted by molar-refractivity contribution is 5.94. The Balaban J connectivity index is 1.54. The van der Waals surface area contributed by atoms with Gasteiger partial charge in [0.1, 0.15) is 0 Å². The molecule has 2 aromatic carbocycles. The highest BCUT2D eigenvalue weighted by atomic mass is 16.1. The van der Waals surface area contributed by atoms with Gasteiger partial charge in [-0.05, 0) is 29.8 Å². The molecular weight excluding hydrogens is 300 g/mol. The Labute approximate surface area is 139 Å². The van der Waals surface area contributed by atoms with E-state index in [2.05, 4.69) is 27.0 Å². The topological polar surface area (TPSA) is 70.7 Å². The lowest BCUT2D eigenvalue weighted by Crippen LogP contribution is -2.30. The van der Waals surface area contributed by atoms with Crippen LogP contribution in [0.4, 0.5) is 0 Å². The molecule has 0 unspecified atom stereocenters. The lowest BCUT2D eigenvalue weighted by atomic mass is 10.0. The minimum Gasteiger partial charge on any atom is -0.350 e. The molecule has 1 aromatic heterocycles. The first-order valence-electron chi connectivity index (χ1n) is 7.67. The summed E-state index contributed by atoms with van der Waals surface area (Å²) in [6.07, 6.45) is 3.65. The van der Waals surface area contributed by atoms with E-state index < -0.39 is 0 Å². The van der Waals surface area contributed by atoms with Crippen molar-refractivity contribution in [3.05, 3.63) is 77.7 Å². The van der Waals surface area contributed by atoms with Crippen molar-refractivity contribution in [2.75, 3.05) is 6.54 Å². The number of aromatic nitrogens is 2. The van der Waals surface area contributed by atoms with E-state index in [1.165, 1.54) is 5.56 Å². The van der Waals surface area contributed by atoms with Crippen molar-refractivity contribution in [1.82, 2.24) is 14.9 Å². The molecule has 1 aliphatic rings. The third kappa shape index (κ3) is 2.25. The monoisotopic (exact) mass is 314 g/mol. The molecular formula is C19H14N4O. The minimum absolute atomic E-state index is 0.0426. The zero-order valence-corrected chi connectivity index (χ0v) is 12.8. The smallest absolute Gasteiger partial charge is 0.251 e. The van der Waals surface area contributed by atoms with E-state index in [4.69, 9.17) is 5.26 Å². The van der Waals surface area contributed by atoms with E-state index in [0.717, 1.165) is 11.3 Å². The van der Waals surface area contributed by atoms with Gasteiger partial charge in [0.2, 0.25) is 0 Å². The third-order valence-electron chi connectivity index (χ3n) is 4.33. The molecule has 0 fully saturated rings. The van der Waals surface area contributed by atoms with E-state index in [1.807, 2.05) is 24.4 Å². The molecule has 5 nitrogen and oxygen atoms in total. The first kappa shape index (κ1) is 14.2. The van der Waals surface area contributed by atoms with Gasteiger partial charge in [-0.1, -0.05) is 24.3 Å². The van der Waals surface area contributed by atoms with Crippen molar-refractivity contribution in [1.29, 1.82) is 5.26 Å². The van der Waals surface area contributed by atoms with E-state index in [0.29, 0.717) is 17.7 Å². The Hall–Kier alpha value is -3.39. The molecule has 5 heteroatoms. The van der Waals surface area contributed by atoms with Crippen LogP contribution in [0.25, 0.3) is 11.3 Å². The fourth-order valence-corrected chi connectivity index (χ4v) is 3.13. The summed E-state index contributed by atoms with van der Waals surface area (Å²) in [5.74, 6) is -0.148. The summed E-state index contributed by atoms with van der Waals surface area (Å²) in [7, 11) is 0. The van der Waals surface area contributed by atoms with Crippen LogP contribution in [-0.2, 0) is 0 Å². The largest absolute Gasteiger partial charge is 0.350 e. The van der Waals surface area contributed by atoms with Gasteiger partial charge in [0.25, 0.3) is 5.91 Å². The highest BCUT2D eigenvalue weighted by Crippen LogP contribution is 2.38. The predicted molar refractivity (Wildman–Crippen MR) is 89.3 cm³/mol. The number of carbonyl (C=O) groups is 1. The summed E-state index contributed by atoms with van der Waals surface area (Å²) in [6.45, 7) is 0.485. The summed E-state index contributed by atoms with van der Waals surface area (Å²) in [5, 5.41) is 11.8. The Morgan fingerprint density at radius 1 is 1.21 bits per heavy atom. The van der Waals surface area contributed by atoms with Crippen molar-refractivity contribution in [3.63, 3.8) is 0 Å². The highest BCUT2D eigenvalue weighted by Gasteiger charge is 2.28. The maximum atomic E-state index is 12.3. The van der Waals surface area contributed by atoms with Crippen LogP contribution >= 0.6 is 0 Å². The van der Waals surface area contributed by atoms with Crippen molar-refractivity contribution in [3.8, 4) is 17.3 Å². The standard InChI is InChI=1S/C19H14N4O/c20-9-13-5-7-14(8-6-13)19(24)22-11-18-16-4-2-1-3-15(16)17-10-21-12-23(17)18/h1-8,10,12,18H,11H2,(H,22,24)/t18-/m1/s1. The fourth-order valence-electron chi connectivity index (χ4n) is 3.13. The second kappa shape index (κ2) is 5.67. The van der Waals surface area contributed by atoms with Gasteiger partial charge in [-0.25, -0.2) is 4.98 Å². The van der Waals surface area contributed by atoms with Gasteiger partial charge in [0.15, 0.2) is 0 Å². The molecule has 1 atom stereocenters. The van der Waals surface area contributed by atoms with Crippen molar-refractivity contribution < 1.29 is 4.79 Å². The number of benzene rings is 2. The SMILES string of the molecule is N#Cc1ccc(C(=O)NC[C@@H]2c3ccccc3-c3cncn32)cc1. The maximum absolute atomic E-state index is 12.3. The number of imidazole rings is 1. The number of hydrogen-bond acceptors (Lipinski definition) is 3. The number of carbonyl (C=O) groups excluding carboxylic acids is 1. The summed E-state index contributed by atoms with van der Waals surface area (Å²) in [4.78, 5) is 16.6. The third-order valence-corrected chi connectivity index (χ3v) is 4.33. The van der Waals surface area contributed by atoms with Gasteiger partial charge in [0, 0.05) is 17.7 Å². The number of rotatable bonds is 3. The first-order valence-corrected chi connectivity index (χ1v) is 7.67. The molecule has 116 valence electrons.